The van der Waals surface area contributed by atoms with Gasteiger partial charge in [-0.15, -0.1) is 0 Å². The number of hydrogen-bond donors (Lipinski definition) is 0. The zero-order valence-electron chi connectivity index (χ0n) is 11.9. The van der Waals surface area contributed by atoms with E-state index in [1.54, 1.807) is 0 Å². The van der Waals surface area contributed by atoms with E-state index in [-0.39, 0.29) is 24.5 Å². The number of ether oxygens (including phenoxy) is 2. The van der Waals surface area contributed by atoms with Gasteiger partial charge in [-0.3, -0.25) is 9.59 Å². The van der Waals surface area contributed by atoms with Gasteiger partial charge in [-0.05, 0) is 52.0 Å². The predicted molar refractivity (Wildman–Crippen MR) is 72.6 cm³/mol. The van der Waals surface area contributed by atoms with Crippen LogP contribution in [0.15, 0.2) is 11.6 Å². The highest BCUT2D eigenvalue weighted by molar-refractivity contribution is 5.72. The van der Waals surface area contributed by atoms with Crippen LogP contribution >= 0.6 is 0 Å². The van der Waals surface area contributed by atoms with Crippen LogP contribution < -0.4 is 0 Å². The summed E-state index contributed by atoms with van der Waals surface area (Å²) in [5, 5.41) is 0. The fourth-order valence-corrected chi connectivity index (χ4v) is 2.00. The third-order valence-corrected chi connectivity index (χ3v) is 3.10. The summed E-state index contributed by atoms with van der Waals surface area (Å²) < 4.78 is 10.3. The van der Waals surface area contributed by atoms with Crippen molar-refractivity contribution in [3.8, 4) is 0 Å². The number of rotatable bonds is 7. The minimum atomic E-state index is -0.258. The van der Waals surface area contributed by atoms with Gasteiger partial charge in [-0.25, -0.2) is 0 Å². The molecule has 19 heavy (non-hydrogen) atoms. The van der Waals surface area contributed by atoms with Gasteiger partial charge in [0.05, 0.1) is 0 Å². The zero-order chi connectivity index (χ0) is 14.1. The molecule has 0 saturated heterocycles. The summed E-state index contributed by atoms with van der Waals surface area (Å²) in [6.07, 6.45) is 7.30. The highest BCUT2D eigenvalue weighted by Crippen LogP contribution is 2.21. The van der Waals surface area contributed by atoms with Gasteiger partial charge in [0.1, 0.15) is 12.7 Å². The van der Waals surface area contributed by atoms with Crippen LogP contribution in [0.1, 0.15) is 58.8 Å². The Morgan fingerprint density at radius 3 is 2.37 bits per heavy atom. The Labute approximate surface area is 115 Å². The standard InChI is InChI=1S/C15H24O4/c1-12(2)10-11-18-14(16)8-5-9-15(17)19-13-6-3-4-7-13/h10,13H,3-9,11H2,1-2H3. The Hall–Kier alpha value is -1.32. The molecule has 108 valence electrons. The van der Waals surface area contributed by atoms with Gasteiger partial charge in [-0.1, -0.05) is 5.57 Å². The lowest BCUT2D eigenvalue weighted by molar-refractivity contribution is -0.149. The summed E-state index contributed by atoms with van der Waals surface area (Å²) in [5.41, 5.74) is 1.12. The van der Waals surface area contributed by atoms with Crippen LogP contribution in [0, 0.1) is 0 Å². The molecule has 1 aliphatic carbocycles. The normalized spacial score (nSPS) is 15.1. The molecule has 0 unspecified atom stereocenters. The average molecular weight is 268 g/mol. The first kappa shape index (κ1) is 15.7. The Morgan fingerprint density at radius 2 is 1.74 bits per heavy atom. The molecule has 4 nitrogen and oxygen atoms in total. The lowest BCUT2D eigenvalue weighted by Crippen LogP contribution is -2.15. The van der Waals surface area contributed by atoms with Crippen molar-refractivity contribution in [3.05, 3.63) is 11.6 Å². The molecule has 0 atom stereocenters. The summed E-state index contributed by atoms with van der Waals surface area (Å²) in [6.45, 7) is 4.22. The Kier molecular flexibility index (Phi) is 7.23. The first-order valence-electron chi connectivity index (χ1n) is 7.06. The molecule has 1 aliphatic rings. The average Bonchev–Trinajstić information content (AvgIpc) is 2.81. The van der Waals surface area contributed by atoms with Gasteiger partial charge in [0, 0.05) is 12.8 Å². The summed E-state index contributed by atoms with van der Waals surface area (Å²) in [4.78, 5) is 22.8. The van der Waals surface area contributed by atoms with Gasteiger partial charge < -0.3 is 9.47 Å². The fraction of sp³-hybridized carbons (Fsp3) is 0.733. The minimum absolute atomic E-state index is 0.108. The van der Waals surface area contributed by atoms with Crippen molar-refractivity contribution in [2.24, 2.45) is 0 Å². The van der Waals surface area contributed by atoms with Gasteiger partial charge >= 0.3 is 11.9 Å². The first-order valence-corrected chi connectivity index (χ1v) is 7.06. The van der Waals surface area contributed by atoms with Crippen molar-refractivity contribution in [2.45, 2.75) is 64.9 Å². The molecule has 0 radical (unpaired) electrons. The minimum Gasteiger partial charge on any atom is -0.462 e. The fourth-order valence-electron chi connectivity index (χ4n) is 2.00. The lowest BCUT2D eigenvalue weighted by atomic mass is 10.2. The molecular formula is C15H24O4. The van der Waals surface area contributed by atoms with E-state index in [2.05, 4.69) is 0 Å². The van der Waals surface area contributed by atoms with Crippen LogP contribution in [-0.2, 0) is 19.1 Å². The van der Waals surface area contributed by atoms with Crippen LogP contribution in [0.3, 0.4) is 0 Å². The molecule has 0 bridgehead atoms. The van der Waals surface area contributed by atoms with Gasteiger partial charge in [0.2, 0.25) is 0 Å². The Morgan fingerprint density at radius 1 is 1.11 bits per heavy atom. The second kappa shape index (κ2) is 8.73. The summed E-state index contributed by atoms with van der Waals surface area (Å²) >= 11 is 0. The van der Waals surface area contributed by atoms with Gasteiger partial charge in [0.15, 0.2) is 0 Å². The maximum absolute atomic E-state index is 11.5. The lowest BCUT2D eigenvalue weighted by Gasteiger charge is -2.10. The Balaban J connectivity index is 2.03. The topological polar surface area (TPSA) is 52.6 Å². The molecule has 0 aromatic heterocycles. The number of carbonyl (C=O) groups excluding carboxylic acids is 2. The maximum atomic E-state index is 11.5. The number of carbonyl (C=O) groups is 2. The van der Waals surface area contributed by atoms with E-state index >= 15 is 0 Å². The second-order valence-electron chi connectivity index (χ2n) is 5.21. The second-order valence-corrected chi connectivity index (χ2v) is 5.21. The molecule has 1 rings (SSSR count). The van der Waals surface area contributed by atoms with Gasteiger partial charge in [-0.2, -0.15) is 0 Å². The van der Waals surface area contributed by atoms with Crippen LogP contribution in [-0.4, -0.2) is 24.6 Å². The zero-order valence-corrected chi connectivity index (χ0v) is 11.9. The molecule has 0 spiro atoms. The summed E-state index contributed by atoms with van der Waals surface area (Å²) in [6, 6.07) is 0. The highest BCUT2D eigenvalue weighted by atomic mass is 16.5. The molecule has 0 N–H and O–H groups in total. The molecule has 0 heterocycles. The van der Waals surface area contributed by atoms with E-state index < -0.39 is 0 Å². The quantitative estimate of drug-likeness (QED) is 0.525. The van der Waals surface area contributed by atoms with E-state index in [1.807, 2.05) is 19.9 Å². The van der Waals surface area contributed by atoms with Crippen molar-refractivity contribution < 1.29 is 19.1 Å². The summed E-state index contributed by atoms with van der Waals surface area (Å²) in [5.74, 6) is -0.449. The monoisotopic (exact) mass is 268 g/mol. The highest BCUT2D eigenvalue weighted by Gasteiger charge is 2.19. The first-order chi connectivity index (χ1) is 9.08. The third kappa shape index (κ3) is 7.65. The molecule has 0 aliphatic heterocycles. The third-order valence-electron chi connectivity index (χ3n) is 3.10. The largest absolute Gasteiger partial charge is 0.462 e. The SMILES string of the molecule is CC(C)=CCOC(=O)CCCC(=O)OC1CCCC1. The Bertz CT molecular complexity index is 323. The van der Waals surface area contributed by atoms with Crippen molar-refractivity contribution in [1.82, 2.24) is 0 Å². The van der Waals surface area contributed by atoms with Crippen molar-refractivity contribution in [3.63, 3.8) is 0 Å². The van der Waals surface area contributed by atoms with E-state index in [4.69, 9.17) is 9.47 Å². The number of hydrogen-bond acceptors (Lipinski definition) is 4. The van der Waals surface area contributed by atoms with Crippen molar-refractivity contribution in [1.29, 1.82) is 0 Å². The molecular weight excluding hydrogens is 244 g/mol. The molecule has 0 aromatic rings. The summed E-state index contributed by atoms with van der Waals surface area (Å²) in [7, 11) is 0. The van der Waals surface area contributed by atoms with E-state index in [0.717, 1.165) is 31.3 Å². The molecule has 4 heteroatoms. The van der Waals surface area contributed by atoms with Crippen LogP contribution in [0.25, 0.3) is 0 Å². The smallest absolute Gasteiger partial charge is 0.306 e. The number of allylic oxidation sites excluding steroid dienone is 1. The van der Waals surface area contributed by atoms with E-state index in [0.29, 0.717) is 19.4 Å². The van der Waals surface area contributed by atoms with Crippen LogP contribution in [0.5, 0.6) is 0 Å². The van der Waals surface area contributed by atoms with E-state index in [9.17, 15) is 9.59 Å². The molecule has 1 fully saturated rings. The van der Waals surface area contributed by atoms with Crippen molar-refractivity contribution >= 4 is 11.9 Å². The van der Waals surface area contributed by atoms with Gasteiger partial charge in [0.25, 0.3) is 0 Å². The maximum Gasteiger partial charge on any atom is 0.306 e. The van der Waals surface area contributed by atoms with Crippen LogP contribution in [0.2, 0.25) is 0 Å². The predicted octanol–water partition coefficient (Wildman–Crippen LogP) is 3.15. The van der Waals surface area contributed by atoms with Crippen LogP contribution in [0.4, 0.5) is 0 Å². The molecule has 1 saturated carbocycles. The van der Waals surface area contributed by atoms with E-state index in [1.165, 1.54) is 0 Å². The molecule has 0 amide bonds. The molecule has 0 aromatic carbocycles. The number of esters is 2. The van der Waals surface area contributed by atoms with Crippen molar-refractivity contribution in [2.75, 3.05) is 6.61 Å².